The molecule has 0 atom stereocenters. The summed E-state index contributed by atoms with van der Waals surface area (Å²) in [6, 6.07) is 21.5. The fourth-order valence-electron chi connectivity index (χ4n) is 4.06. The molecule has 4 heteroatoms. The van der Waals surface area contributed by atoms with E-state index in [0.29, 0.717) is 0 Å². The van der Waals surface area contributed by atoms with E-state index >= 15 is 0 Å². The van der Waals surface area contributed by atoms with Gasteiger partial charge < -0.3 is 9.80 Å². The van der Waals surface area contributed by atoms with E-state index < -0.39 is 0 Å². The van der Waals surface area contributed by atoms with Crippen LogP contribution in [-0.4, -0.2) is 36.4 Å². The molecule has 0 radical (unpaired) electrons. The van der Waals surface area contributed by atoms with E-state index in [-0.39, 0.29) is 0 Å². The molecule has 1 fully saturated rings. The van der Waals surface area contributed by atoms with Crippen LogP contribution in [-0.2, 0) is 12.8 Å². The Kier molecular flexibility index (Phi) is 3.81. The first kappa shape index (κ1) is 15.4. The Labute approximate surface area is 154 Å². The Morgan fingerprint density at radius 3 is 2.19 bits per heavy atom. The van der Waals surface area contributed by atoms with E-state index in [1.807, 2.05) is 0 Å². The maximum atomic E-state index is 4.61. The van der Waals surface area contributed by atoms with Crippen molar-refractivity contribution < 1.29 is 0 Å². The van der Waals surface area contributed by atoms with E-state index in [4.69, 9.17) is 0 Å². The minimum absolute atomic E-state index is 0.985. The van der Waals surface area contributed by atoms with Gasteiger partial charge in [0.25, 0.3) is 0 Å². The second-order valence-electron chi connectivity index (χ2n) is 7.04. The fraction of sp³-hybridized carbons (Fsp3) is 0.273. The number of benzene rings is 2. The van der Waals surface area contributed by atoms with Gasteiger partial charge in [-0.25, -0.2) is 0 Å². The lowest BCUT2D eigenvalue weighted by atomic mass is 9.89. The molecule has 0 spiro atoms. The molecule has 0 unspecified atom stereocenters. The van der Waals surface area contributed by atoms with Gasteiger partial charge in [0.05, 0.1) is 5.69 Å². The van der Waals surface area contributed by atoms with Crippen molar-refractivity contribution in [3.05, 3.63) is 71.8 Å². The van der Waals surface area contributed by atoms with Crippen molar-refractivity contribution in [2.45, 2.75) is 12.8 Å². The first-order valence-electron chi connectivity index (χ1n) is 9.38. The van der Waals surface area contributed by atoms with Gasteiger partial charge in [0, 0.05) is 37.4 Å². The molecule has 1 aromatic heterocycles. The topological polar surface area (TPSA) is 32.3 Å². The van der Waals surface area contributed by atoms with Crippen molar-refractivity contribution in [3.63, 3.8) is 0 Å². The van der Waals surface area contributed by atoms with Gasteiger partial charge in [-0.05, 0) is 42.2 Å². The lowest BCUT2D eigenvalue weighted by Crippen LogP contribution is -2.47. The summed E-state index contributed by atoms with van der Waals surface area (Å²) in [6.45, 7) is 4.01. The standard InChI is InChI=1S/C22H22N4/c1-2-7-19(8-3-1)25-12-14-26(15-13-25)21-16-18-11-10-17-6-4-5-9-20(17)22(18)24-23-21/h1-9,16H,10-15H2. The number of aryl methyl sites for hydroxylation is 2. The van der Waals surface area contributed by atoms with Gasteiger partial charge in [-0.3, -0.25) is 0 Å². The first-order chi connectivity index (χ1) is 12.9. The molecule has 2 aliphatic rings. The molecule has 1 saturated heterocycles. The van der Waals surface area contributed by atoms with Gasteiger partial charge in [-0.15, -0.1) is 10.2 Å². The Morgan fingerprint density at radius 2 is 1.35 bits per heavy atom. The molecule has 5 rings (SSSR count). The van der Waals surface area contributed by atoms with Crippen LogP contribution < -0.4 is 9.80 Å². The molecule has 0 saturated carbocycles. The highest BCUT2D eigenvalue weighted by molar-refractivity contribution is 5.70. The van der Waals surface area contributed by atoms with Crippen LogP contribution in [0.2, 0.25) is 0 Å². The van der Waals surface area contributed by atoms with Crippen LogP contribution >= 0.6 is 0 Å². The van der Waals surface area contributed by atoms with Crippen LogP contribution in [0.5, 0.6) is 0 Å². The van der Waals surface area contributed by atoms with E-state index in [1.54, 1.807) is 0 Å². The number of fused-ring (bicyclic) bond motifs is 3. The molecular formula is C22H22N4. The zero-order chi connectivity index (χ0) is 17.3. The second kappa shape index (κ2) is 6.45. The van der Waals surface area contributed by atoms with E-state index in [0.717, 1.165) is 50.5 Å². The summed E-state index contributed by atoms with van der Waals surface area (Å²) >= 11 is 0. The van der Waals surface area contributed by atoms with Crippen molar-refractivity contribution >= 4 is 11.5 Å². The zero-order valence-electron chi connectivity index (χ0n) is 14.8. The molecule has 0 N–H and O–H groups in total. The van der Waals surface area contributed by atoms with Crippen LogP contribution in [0.15, 0.2) is 60.7 Å². The lowest BCUT2D eigenvalue weighted by Gasteiger charge is -2.36. The molecule has 1 aliphatic heterocycles. The van der Waals surface area contributed by atoms with Gasteiger partial charge in [0.1, 0.15) is 0 Å². The summed E-state index contributed by atoms with van der Waals surface area (Å²) in [5, 5.41) is 9.18. The first-order valence-corrected chi connectivity index (χ1v) is 9.38. The number of aromatic nitrogens is 2. The third-order valence-corrected chi connectivity index (χ3v) is 5.52. The smallest absolute Gasteiger partial charge is 0.151 e. The molecule has 4 nitrogen and oxygen atoms in total. The van der Waals surface area contributed by atoms with Crippen LogP contribution in [0.4, 0.5) is 11.5 Å². The lowest BCUT2D eigenvalue weighted by molar-refractivity contribution is 0.643. The van der Waals surface area contributed by atoms with E-state index in [1.165, 1.54) is 22.4 Å². The molecule has 3 aromatic rings. The number of nitrogens with zero attached hydrogens (tertiary/aromatic N) is 4. The van der Waals surface area contributed by atoms with Gasteiger partial charge in [-0.1, -0.05) is 42.5 Å². The fourth-order valence-corrected chi connectivity index (χ4v) is 4.06. The molecule has 1 aliphatic carbocycles. The highest BCUT2D eigenvalue weighted by atomic mass is 15.3. The number of rotatable bonds is 2. The van der Waals surface area contributed by atoms with Crippen molar-refractivity contribution in [1.82, 2.24) is 10.2 Å². The van der Waals surface area contributed by atoms with Crippen LogP contribution in [0.25, 0.3) is 11.3 Å². The van der Waals surface area contributed by atoms with Crippen molar-refractivity contribution in [2.24, 2.45) is 0 Å². The summed E-state index contributed by atoms with van der Waals surface area (Å²) in [6.07, 6.45) is 2.15. The molecule has 0 bridgehead atoms. The quantitative estimate of drug-likeness (QED) is 0.713. The monoisotopic (exact) mass is 342 g/mol. The number of hydrogen-bond donors (Lipinski definition) is 0. The molecule has 26 heavy (non-hydrogen) atoms. The largest absolute Gasteiger partial charge is 0.368 e. The Morgan fingerprint density at radius 1 is 0.654 bits per heavy atom. The summed E-state index contributed by atoms with van der Waals surface area (Å²) < 4.78 is 0. The zero-order valence-corrected chi connectivity index (χ0v) is 14.8. The summed E-state index contributed by atoms with van der Waals surface area (Å²) in [4.78, 5) is 4.81. The number of anilines is 2. The normalized spacial score (nSPS) is 16.2. The maximum Gasteiger partial charge on any atom is 0.151 e. The molecular weight excluding hydrogens is 320 g/mol. The SMILES string of the molecule is c1ccc(N2CCN(c3cc4c(nn3)-c3ccccc3CC4)CC2)cc1. The second-order valence-corrected chi connectivity index (χ2v) is 7.04. The highest BCUT2D eigenvalue weighted by Gasteiger charge is 2.22. The molecule has 2 heterocycles. The van der Waals surface area contributed by atoms with Crippen LogP contribution in [0.3, 0.4) is 0 Å². The Hall–Kier alpha value is -2.88. The van der Waals surface area contributed by atoms with Gasteiger partial charge in [0.2, 0.25) is 0 Å². The average Bonchev–Trinajstić information content (AvgIpc) is 2.74. The van der Waals surface area contributed by atoms with Crippen LogP contribution in [0, 0.1) is 0 Å². The average molecular weight is 342 g/mol. The summed E-state index contributed by atoms with van der Waals surface area (Å²) in [5.41, 5.74) is 6.35. The van der Waals surface area contributed by atoms with E-state index in [2.05, 4.69) is 80.7 Å². The number of piperazine rings is 1. The maximum absolute atomic E-state index is 4.61. The minimum atomic E-state index is 0.985. The number of hydrogen-bond acceptors (Lipinski definition) is 4. The van der Waals surface area contributed by atoms with Gasteiger partial charge >= 0.3 is 0 Å². The Balaban J connectivity index is 1.35. The molecule has 0 amide bonds. The van der Waals surface area contributed by atoms with Crippen molar-refractivity contribution in [3.8, 4) is 11.3 Å². The number of para-hydroxylation sites is 1. The van der Waals surface area contributed by atoms with Gasteiger partial charge in [0.15, 0.2) is 5.82 Å². The predicted molar refractivity (Wildman–Crippen MR) is 106 cm³/mol. The molecule has 130 valence electrons. The third kappa shape index (κ3) is 2.71. The molecule has 2 aromatic carbocycles. The summed E-state index contributed by atoms with van der Waals surface area (Å²) in [5.74, 6) is 1.02. The van der Waals surface area contributed by atoms with Crippen molar-refractivity contribution in [2.75, 3.05) is 36.0 Å². The highest BCUT2D eigenvalue weighted by Crippen LogP contribution is 2.32. The van der Waals surface area contributed by atoms with E-state index in [9.17, 15) is 0 Å². The predicted octanol–water partition coefficient (Wildman–Crippen LogP) is 3.57. The third-order valence-electron chi connectivity index (χ3n) is 5.52. The van der Waals surface area contributed by atoms with Crippen LogP contribution in [0.1, 0.15) is 11.1 Å². The Bertz CT molecular complexity index is 914. The van der Waals surface area contributed by atoms with Gasteiger partial charge in [-0.2, -0.15) is 0 Å². The summed E-state index contributed by atoms with van der Waals surface area (Å²) in [7, 11) is 0. The minimum Gasteiger partial charge on any atom is -0.368 e. The van der Waals surface area contributed by atoms with Crippen molar-refractivity contribution in [1.29, 1.82) is 0 Å².